The van der Waals surface area contributed by atoms with E-state index in [4.69, 9.17) is 5.11 Å². The number of hydrogen-bond donors (Lipinski definition) is 2. The molecule has 15 heavy (non-hydrogen) atoms. The van der Waals surface area contributed by atoms with Crippen molar-refractivity contribution in [3.8, 4) is 0 Å². The quantitative estimate of drug-likeness (QED) is 0.703. The van der Waals surface area contributed by atoms with Gasteiger partial charge in [-0.15, -0.1) is 0 Å². The highest BCUT2D eigenvalue weighted by molar-refractivity contribution is 14.1. The third-order valence-electron chi connectivity index (χ3n) is 2.04. The average Bonchev–Trinajstić information content (AvgIpc) is 2.19. The number of rotatable bonds is 1. The largest absolute Gasteiger partial charge is 0.478 e. The fourth-order valence-electron chi connectivity index (χ4n) is 1.31. The molecule has 2 N–H and O–H groups in total. The number of nitrogens with zero attached hydrogens (tertiary/aromatic N) is 2. The van der Waals surface area contributed by atoms with E-state index in [0.717, 1.165) is 3.58 Å². The summed E-state index contributed by atoms with van der Waals surface area (Å²) >= 11 is 2.08. The second kappa shape index (κ2) is 3.78. The molecule has 2 aliphatic rings. The normalized spacial score (nSPS) is 24.0. The summed E-state index contributed by atoms with van der Waals surface area (Å²) in [5.41, 5.74) is -0.130. The summed E-state index contributed by atoms with van der Waals surface area (Å²) in [7, 11) is 0. The molecule has 0 radical (unpaired) electrons. The van der Waals surface area contributed by atoms with E-state index in [1.807, 2.05) is 6.08 Å². The van der Waals surface area contributed by atoms with E-state index < -0.39 is 12.2 Å². The van der Waals surface area contributed by atoms with E-state index >= 15 is 0 Å². The summed E-state index contributed by atoms with van der Waals surface area (Å²) < 4.78 is 0.900. The van der Waals surface area contributed by atoms with Crippen LogP contribution in [0.15, 0.2) is 38.7 Å². The van der Waals surface area contributed by atoms with E-state index in [1.54, 1.807) is 12.3 Å². The first kappa shape index (κ1) is 10.4. The molecule has 6 heteroatoms. The third-order valence-corrected chi connectivity index (χ3v) is 2.68. The molecule has 0 fully saturated rings. The van der Waals surface area contributed by atoms with Crippen molar-refractivity contribution in [2.24, 2.45) is 4.99 Å². The van der Waals surface area contributed by atoms with Crippen molar-refractivity contribution in [1.82, 2.24) is 4.90 Å². The number of amidine groups is 1. The molecule has 2 aliphatic heterocycles. The topological polar surface area (TPSA) is 73.1 Å². The highest BCUT2D eigenvalue weighted by Gasteiger charge is 2.29. The zero-order chi connectivity index (χ0) is 11.0. The average molecular weight is 318 g/mol. The maximum atomic E-state index is 10.8. The van der Waals surface area contributed by atoms with Crippen LogP contribution in [-0.4, -0.2) is 33.1 Å². The monoisotopic (exact) mass is 318 g/mol. The molecule has 0 aromatic heterocycles. The molecule has 0 bridgehead atoms. The van der Waals surface area contributed by atoms with Crippen LogP contribution in [0, 0.1) is 0 Å². The van der Waals surface area contributed by atoms with Gasteiger partial charge in [-0.2, -0.15) is 0 Å². The van der Waals surface area contributed by atoms with Crippen molar-refractivity contribution in [2.75, 3.05) is 0 Å². The zero-order valence-electron chi connectivity index (χ0n) is 7.46. The van der Waals surface area contributed by atoms with Crippen molar-refractivity contribution in [2.45, 2.75) is 6.23 Å². The molecule has 0 saturated heterocycles. The Hall–Kier alpha value is -1.15. The van der Waals surface area contributed by atoms with Crippen LogP contribution in [0.3, 0.4) is 0 Å². The highest BCUT2D eigenvalue weighted by Crippen LogP contribution is 2.23. The molecule has 78 valence electrons. The first-order valence-corrected chi connectivity index (χ1v) is 5.20. The van der Waals surface area contributed by atoms with Gasteiger partial charge in [-0.05, 0) is 34.7 Å². The van der Waals surface area contributed by atoms with Crippen molar-refractivity contribution in [1.29, 1.82) is 0 Å². The number of carboxylic acid groups (broad SMARTS) is 1. The Kier molecular flexibility index (Phi) is 2.61. The fraction of sp³-hybridized carbons (Fsp3) is 0.111. The van der Waals surface area contributed by atoms with Crippen molar-refractivity contribution in [3.05, 3.63) is 33.7 Å². The van der Waals surface area contributed by atoms with Crippen LogP contribution in [0.5, 0.6) is 0 Å². The van der Waals surface area contributed by atoms with Crippen LogP contribution >= 0.6 is 22.6 Å². The summed E-state index contributed by atoms with van der Waals surface area (Å²) in [5.74, 6) is -0.629. The molecule has 5 nitrogen and oxygen atoms in total. The van der Waals surface area contributed by atoms with Crippen molar-refractivity contribution < 1.29 is 15.0 Å². The maximum absolute atomic E-state index is 10.8. The minimum atomic E-state index is -1.18. The number of fused-ring (bicyclic) bond motifs is 1. The molecule has 2 heterocycles. The summed E-state index contributed by atoms with van der Waals surface area (Å²) in [6, 6.07) is 0. The van der Waals surface area contributed by atoms with E-state index in [0.29, 0.717) is 5.84 Å². The van der Waals surface area contributed by atoms with E-state index in [2.05, 4.69) is 27.6 Å². The van der Waals surface area contributed by atoms with Crippen LogP contribution in [0.4, 0.5) is 0 Å². The zero-order valence-corrected chi connectivity index (χ0v) is 9.62. The van der Waals surface area contributed by atoms with Gasteiger partial charge in [0.15, 0.2) is 6.23 Å². The molecule has 2 rings (SSSR count). The van der Waals surface area contributed by atoms with Crippen LogP contribution in [0.2, 0.25) is 0 Å². The molecule has 0 aromatic carbocycles. The van der Waals surface area contributed by atoms with Gasteiger partial charge < -0.3 is 15.1 Å². The van der Waals surface area contributed by atoms with Gasteiger partial charge in [0.2, 0.25) is 0 Å². The van der Waals surface area contributed by atoms with Gasteiger partial charge in [0.05, 0.1) is 0 Å². The first-order valence-electron chi connectivity index (χ1n) is 4.12. The second-order valence-corrected chi connectivity index (χ2v) is 4.25. The number of aliphatic hydroxyl groups is 1. The van der Waals surface area contributed by atoms with Gasteiger partial charge in [0.25, 0.3) is 0 Å². The predicted octanol–water partition coefficient (Wildman–Crippen LogP) is 0.834. The van der Waals surface area contributed by atoms with Gasteiger partial charge in [-0.1, -0.05) is 0 Å². The lowest BCUT2D eigenvalue weighted by atomic mass is 10.2. The van der Waals surface area contributed by atoms with Gasteiger partial charge in [0.1, 0.15) is 11.4 Å². The van der Waals surface area contributed by atoms with Gasteiger partial charge >= 0.3 is 5.97 Å². The fourth-order valence-corrected chi connectivity index (χ4v) is 1.79. The summed E-state index contributed by atoms with van der Waals surface area (Å²) in [6.07, 6.45) is 5.21. The van der Waals surface area contributed by atoms with Crippen LogP contribution in [0.25, 0.3) is 0 Å². The third kappa shape index (κ3) is 1.82. The number of aliphatic carboxylic acids is 1. The van der Waals surface area contributed by atoms with E-state index in [1.165, 1.54) is 11.1 Å². The Morgan fingerprint density at radius 3 is 2.93 bits per heavy atom. The smallest absolute Gasteiger partial charge is 0.337 e. The molecule has 0 spiro atoms. The number of halogens is 1. The highest BCUT2D eigenvalue weighted by atomic mass is 127. The lowest BCUT2D eigenvalue weighted by molar-refractivity contribution is -0.134. The van der Waals surface area contributed by atoms with Crippen LogP contribution in [0.1, 0.15) is 0 Å². The minimum absolute atomic E-state index is 0.130. The Balaban J connectivity index is 2.40. The minimum Gasteiger partial charge on any atom is -0.478 e. The molecule has 0 aliphatic carbocycles. The molecule has 1 atom stereocenters. The number of carbonyl (C=O) groups is 1. The lowest BCUT2D eigenvalue weighted by Crippen LogP contribution is -2.41. The van der Waals surface area contributed by atoms with E-state index in [-0.39, 0.29) is 5.57 Å². The predicted molar refractivity (Wildman–Crippen MR) is 62.2 cm³/mol. The molecule has 0 saturated carbocycles. The standard InChI is InChI=1S/C9H7IN2O3/c10-5-1-2-7-11-3-6(9(14)15)8(13)12(7)4-5/h1-4,8,13H,(H,14,15)/t8-/m1/s1. The molecule has 0 amide bonds. The Labute approximate surface area is 99.2 Å². The number of carboxylic acids is 1. The number of allylic oxidation sites excluding steroid dienone is 2. The summed E-state index contributed by atoms with van der Waals surface area (Å²) in [5, 5.41) is 18.6. The van der Waals surface area contributed by atoms with Crippen molar-refractivity contribution >= 4 is 34.4 Å². The Morgan fingerprint density at radius 2 is 2.27 bits per heavy atom. The van der Waals surface area contributed by atoms with Crippen LogP contribution < -0.4 is 0 Å². The molecule has 0 unspecified atom stereocenters. The van der Waals surface area contributed by atoms with Gasteiger partial charge in [-0.25, -0.2) is 9.79 Å². The summed E-state index contributed by atoms with van der Waals surface area (Å²) in [6.45, 7) is 0. The van der Waals surface area contributed by atoms with Crippen molar-refractivity contribution in [3.63, 3.8) is 0 Å². The number of aliphatic imine (C=N–C) groups is 1. The van der Waals surface area contributed by atoms with E-state index in [9.17, 15) is 9.90 Å². The molecule has 0 aromatic rings. The van der Waals surface area contributed by atoms with Gasteiger partial charge in [-0.3, -0.25) is 0 Å². The SMILES string of the molecule is O=C(O)C1=CN=C2C=CC(I)=CN2[C@@H]1O. The Morgan fingerprint density at radius 1 is 1.53 bits per heavy atom. The number of hydrogen-bond acceptors (Lipinski definition) is 4. The van der Waals surface area contributed by atoms with Crippen LogP contribution in [-0.2, 0) is 4.79 Å². The lowest BCUT2D eigenvalue weighted by Gasteiger charge is -2.30. The van der Waals surface area contributed by atoms with Gasteiger partial charge in [0, 0.05) is 16.0 Å². The maximum Gasteiger partial charge on any atom is 0.337 e. The molecular formula is C9H7IN2O3. The number of aliphatic hydroxyl groups excluding tert-OH is 1. The second-order valence-electron chi connectivity index (χ2n) is 3.01. The Bertz CT molecular complexity index is 437. The summed E-state index contributed by atoms with van der Waals surface area (Å²) in [4.78, 5) is 16.1. The molecular weight excluding hydrogens is 311 g/mol. The first-order chi connectivity index (χ1) is 7.09.